The SMILES string of the molecule is CCOC(=O)/C(=C\c1ccc(Cl)cc1)[N+](=O)[O-]. The van der Waals surface area contributed by atoms with Crippen molar-refractivity contribution in [2.45, 2.75) is 6.92 Å². The van der Waals surface area contributed by atoms with Crippen molar-refractivity contribution >= 4 is 23.6 Å². The van der Waals surface area contributed by atoms with Crippen LogP contribution in [0.4, 0.5) is 0 Å². The van der Waals surface area contributed by atoms with Crippen LogP contribution in [0.15, 0.2) is 30.0 Å². The second-order valence-corrected chi connectivity index (χ2v) is 3.50. The first-order chi connectivity index (χ1) is 8.04. The third-order valence-corrected chi connectivity index (χ3v) is 2.11. The largest absolute Gasteiger partial charge is 0.458 e. The number of nitrogens with zero attached hydrogens (tertiary/aromatic N) is 1. The number of rotatable bonds is 4. The summed E-state index contributed by atoms with van der Waals surface area (Å²) in [5, 5.41) is 11.2. The highest BCUT2D eigenvalue weighted by Gasteiger charge is 2.22. The summed E-state index contributed by atoms with van der Waals surface area (Å²) in [6.07, 6.45) is 1.15. The molecular formula is C11H10ClNO4. The first-order valence-corrected chi connectivity index (χ1v) is 5.21. The zero-order valence-corrected chi connectivity index (χ0v) is 9.81. The van der Waals surface area contributed by atoms with Gasteiger partial charge in [0.2, 0.25) is 0 Å². The molecule has 0 fully saturated rings. The molecule has 0 amide bonds. The van der Waals surface area contributed by atoms with Crippen molar-refractivity contribution in [3.8, 4) is 0 Å². The van der Waals surface area contributed by atoms with Gasteiger partial charge in [0.1, 0.15) is 0 Å². The lowest BCUT2D eigenvalue weighted by Gasteiger charge is -1.99. The minimum atomic E-state index is -0.951. The predicted octanol–water partition coefficient (Wildman–Crippen LogP) is 2.52. The van der Waals surface area contributed by atoms with Gasteiger partial charge in [-0.05, 0) is 24.6 Å². The standard InChI is InChI=1S/C11H10ClNO4/c1-2-17-11(14)10(13(15)16)7-8-3-5-9(12)6-4-8/h3-7H,2H2,1H3/b10-7+. The summed E-state index contributed by atoms with van der Waals surface area (Å²) in [7, 11) is 0. The van der Waals surface area contributed by atoms with Gasteiger partial charge in [-0.2, -0.15) is 0 Å². The molecular weight excluding hydrogens is 246 g/mol. The van der Waals surface area contributed by atoms with Crippen LogP contribution >= 0.6 is 11.6 Å². The molecule has 0 unspecified atom stereocenters. The Kier molecular flexibility index (Phi) is 4.66. The van der Waals surface area contributed by atoms with Crippen LogP contribution in [0.25, 0.3) is 6.08 Å². The molecule has 0 saturated heterocycles. The van der Waals surface area contributed by atoms with Gasteiger partial charge in [-0.25, -0.2) is 4.79 Å². The third kappa shape index (κ3) is 3.88. The summed E-state index contributed by atoms with van der Waals surface area (Å²) in [5.41, 5.74) is -0.0941. The van der Waals surface area contributed by atoms with Crippen LogP contribution in [-0.4, -0.2) is 17.5 Å². The van der Waals surface area contributed by atoms with Crippen molar-refractivity contribution < 1.29 is 14.5 Å². The van der Waals surface area contributed by atoms with E-state index in [0.717, 1.165) is 6.08 Å². The molecule has 0 aliphatic carbocycles. The Morgan fingerprint density at radius 2 is 2.06 bits per heavy atom. The summed E-state index contributed by atoms with van der Waals surface area (Å²) >= 11 is 5.68. The van der Waals surface area contributed by atoms with E-state index in [1.54, 1.807) is 31.2 Å². The number of hydrogen-bond donors (Lipinski definition) is 0. The molecule has 0 bridgehead atoms. The summed E-state index contributed by atoms with van der Waals surface area (Å²) in [6, 6.07) is 6.31. The molecule has 90 valence electrons. The van der Waals surface area contributed by atoms with Crippen molar-refractivity contribution in [3.05, 3.63) is 50.7 Å². The zero-order valence-electron chi connectivity index (χ0n) is 9.05. The van der Waals surface area contributed by atoms with Crippen molar-refractivity contribution in [2.24, 2.45) is 0 Å². The molecule has 17 heavy (non-hydrogen) atoms. The lowest BCUT2D eigenvalue weighted by atomic mass is 10.2. The zero-order chi connectivity index (χ0) is 12.8. The summed E-state index contributed by atoms with van der Waals surface area (Å²) in [4.78, 5) is 21.2. The summed E-state index contributed by atoms with van der Waals surface area (Å²) in [5.74, 6) is -0.951. The lowest BCUT2D eigenvalue weighted by molar-refractivity contribution is -0.419. The maximum Gasteiger partial charge on any atom is 0.409 e. The van der Waals surface area contributed by atoms with Gasteiger partial charge in [0.25, 0.3) is 0 Å². The van der Waals surface area contributed by atoms with Gasteiger partial charge in [0.15, 0.2) is 0 Å². The quantitative estimate of drug-likeness (QED) is 0.359. The van der Waals surface area contributed by atoms with Crippen molar-refractivity contribution in [1.29, 1.82) is 0 Å². The molecule has 0 aromatic heterocycles. The van der Waals surface area contributed by atoms with E-state index < -0.39 is 16.6 Å². The molecule has 6 heteroatoms. The Bertz CT molecular complexity index is 453. The highest BCUT2D eigenvalue weighted by molar-refractivity contribution is 6.30. The Morgan fingerprint density at radius 1 is 1.47 bits per heavy atom. The normalized spacial score (nSPS) is 11.1. The van der Waals surface area contributed by atoms with E-state index >= 15 is 0 Å². The lowest BCUT2D eigenvalue weighted by Crippen LogP contribution is -2.14. The van der Waals surface area contributed by atoms with Crippen LogP contribution < -0.4 is 0 Å². The molecule has 5 nitrogen and oxygen atoms in total. The van der Waals surface area contributed by atoms with Crippen molar-refractivity contribution in [2.75, 3.05) is 6.61 Å². The summed E-state index contributed by atoms with van der Waals surface area (Å²) < 4.78 is 4.59. The van der Waals surface area contributed by atoms with E-state index in [1.807, 2.05) is 0 Å². The Morgan fingerprint density at radius 3 is 2.53 bits per heavy atom. The van der Waals surface area contributed by atoms with Crippen LogP contribution in [0.2, 0.25) is 5.02 Å². The fourth-order valence-corrected chi connectivity index (χ4v) is 1.23. The smallest absolute Gasteiger partial charge is 0.409 e. The van der Waals surface area contributed by atoms with E-state index in [0.29, 0.717) is 10.6 Å². The second-order valence-electron chi connectivity index (χ2n) is 3.06. The van der Waals surface area contributed by atoms with E-state index in [2.05, 4.69) is 4.74 Å². The van der Waals surface area contributed by atoms with Crippen LogP contribution in [-0.2, 0) is 9.53 Å². The number of ether oxygens (including phenoxy) is 1. The number of carbonyl (C=O) groups excluding carboxylic acids is 1. The molecule has 1 aromatic carbocycles. The van der Waals surface area contributed by atoms with Crippen molar-refractivity contribution in [1.82, 2.24) is 0 Å². The van der Waals surface area contributed by atoms with Gasteiger partial charge >= 0.3 is 11.7 Å². The van der Waals surface area contributed by atoms with E-state index in [9.17, 15) is 14.9 Å². The molecule has 0 radical (unpaired) electrons. The van der Waals surface area contributed by atoms with E-state index in [-0.39, 0.29) is 6.61 Å². The average molecular weight is 256 g/mol. The molecule has 0 spiro atoms. The van der Waals surface area contributed by atoms with E-state index in [4.69, 9.17) is 11.6 Å². The molecule has 0 N–H and O–H groups in total. The van der Waals surface area contributed by atoms with Gasteiger partial charge in [0, 0.05) is 11.1 Å². The van der Waals surface area contributed by atoms with Crippen LogP contribution in [0, 0.1) is 10.1 Å². The number of carbonyl (C=O) groups is 1. The van der Waals surface area contributed by atoms with Gasteiger partial charge in [-0.3, -0.25) is 10.1 Å². The number of hydrogen-bond acceptors (Lipinski definition) is 4. The minimum absolute atomic E-state index is 0.0879. The Hall–Kier alpha value is -1.88. The first kappa shape index (κ1) is 13.2. The van der Waals surface area contributed by atoms with Gasteiger partial charge < -0.3 is 4.74 Å². The molecule has 0 heterocycles. The first-order valence-electron chi connectivity index (χ1n) is 4.83. The van der Waals surface area contributed by atoms with Crippen LogP contribution in [0.1, 0.15) is 12.5 Å². The number of benzene rings is 1. The van der Waals surface area contributed by atoms with Crippen LogP contribution in [0.5, 0.6) is 0 Å². The minimum Gasteiger partial charge on any atom is -0.458 e. The van der Waals surface area contributed by atoms with E-state index in [1.165, 1.54) is 0 Å². The highest BCUT2D eigenvalue weighted by atomic mass is 35.5. The fraction of sp³-hybridized carbons (Fsp3) is 0.182. The molecule has 0 aliphatic rings. The molecule has 1 rings (SSSR count). The molecule has 1 aromatic rings. The fourth-order valence-electron chi connectivity index (χ4n) is 1.11. The number of nitro groups is 1. The molecule has 0 aliphatic heterocycles. The van der Waals surface area contributed by atoms with Crippen LogP contribution in [0.3, 0.4) is 0 Å². The van der Waals surface area contributed by atoms with Crippen molar-refractivity contribution in [3.63, 3.8) is 0 Å². The monoisotopic (exact) mass is 255 g/mol. The Labute approximate surface area is 103 Å². The number of halogens is 1. The molecule has 0 saturated carbocycles. The topological polar surface area (TPSA) is 69.4 Å². The highest BCUT2D eigenvalue weighted by Crippen LogP contribution is 2.13. The predicted molar refractivity (Wildman–Crippen MR) is 63.1 cm³/mol. The Balaban J connectivity index is 3.02. The third-order valence-electron chi connectivity index (χ3n) is 1.85. The molecule has 0 atom stereocenters. The maximum absolute atomic E-state index is 11.3. The average Bonchev–Trinajstić information content (AvgIpc) is 2.28. The maximum atomic E-state index is 11.3. The number of esters is 1. The van der Waals surface area contributed by atoms with Gasteiger partial charge in [-0.1, -0.05) is 23.7 Å². The second kappa shape index (κ2) is 6.00. The van der Waals surface area contributed by atoms with Gasteiger partial charge in [-0.15, -0.1) is 0 Å². The summed E-state index contributed by atoms with van der Waals surface area (Å²) in [6.45, 7) is 1.67. The van der Waals surface area contributed by atoms with Gasteiger partial charge in [0.05, 0.1) is 11.5 Å².